The Bertz CT molecular complexity index is 1130. The van der Waals surface area contributed by atoms with Crippen molar-refractivity contribution in [1.29, 1.82) is 0 Å². The first-order valence-electron chi connectivity index (χ1n) is 16.4. The highest BCUT2D eigenvalue weighted by atomic mass is 17.1. The minimum Gasteiger partial charge on any atom is -0.460 e. The molecule has 4 aliphatic carbocycles. The molecule has 4 N–H and O–H groups in total. The van der Waals surface area contributed by atoms with E-state index in [1.54, 1.807) is 0 Å². The van der Waals surface area contributed by atoms with Crippen molar-refractivity contribution >= 4 is 23.8 Å². The summed E-state index contributed by atoms with van der Waals surface area (Å²) in [5.74, 6) is -0.545. The Morgan fingerprint density at radius 1 is 0.689 bits per heavy atom. The molecule has 0 heterocycles. The summed E-state index contributed by atoms with van der Waals surface area (Å²) < 4.78 is 11.1. The third kappa shape index (κ3) is 8.02. The highest BCUT2D eigenvalue weighted by Gasteiger charge is 2.61. The molecule has 12 atom stereocenters. The fourth-order valence-corrected chi connectivity index (χ4v) is 8.64. The molecule has 256 valence electrons. The molecule has 12 unspecified atom stereocenters. The second kappa shape index (κ2) is 14.0. The number of esters is 2. The molecule has 11 heteroatoms. The second-order valence-electron chi connectivity index (χ2n) is 15.8. The van der Waals surface area contributed by atoms with Crippen molar-refractivity contribution in [2.45, 2.75) is 93.3 Å². The van der Waals surface area contributed by atoms with Crippen LogP contribution in [0.3, 0.4) is 0 Å². The van der Waals surface area contributed by atoms with Gasteiger partial charge >= 0.3 is 11.9 Å². The molecule has 4 saturated carbocycles. The smallest absolute Gasteiger partial charge is 0.310 e. The number of nitrogens with one attached hydrogen (secondary N) is 2. The van der Waals surface area contributed by atoms with Crippen LogP contribution in [-0.4, -0.2) is 58.5 Å². The molecule has 11 nitrogen and oxygen atoms in total. The SMILES string of the molecule is C=C(NC(=O)C1C2CC(C(C)C2C)C1C(=O)OC(C)(C)C)OO.CC1C(C)C2CC1C(C(=O)NCCO)C2C(=O)OC(C)(C)C. The second-order valence-corrected chi connectivity index (χ2v) is 15.8. The summed E-state index contributed by atoms with van der Waals surface area (Å²) in [6.45, 7) is 23.2. The molecule has 0 radical (unpaired) electrons. The fraction of sp³-hybridized carbons (Fsp3) is 0.824. The van der Waals surface area contributed by atoms with Gasteiger partial charge in [-0.3, -0.25) is 24.5 Å². The largest absolute Gasteiger partial charge is 0.460 e. The van der Waals surface area contributed by atoms with Gasteiger partial charge in [0, 0.05) is 6.54 Å². The number of carbonyl (C=O) groups excluding carboxylic acids is 4. The molecular weight excluding hydrogens is 580 g/mol. The molecule has 0 aromatic carbocycles. The number of aliphatic hydroxyl groups is 1. The molecule has 45 heavy (non-hydrogen) atoms. The van der Waals surface area contributed by atoms with Gasteiger partial charge in [-0.15, -0.1) is 0 Å². The van der Waals surface area contributed by atoms with E-state index in [2.05, 4.69) is 49.8 Å². The van der Waals surface area contributed by atoms with Crippen molar-refractivity contribution in [1.82, 2.24) is 10.6 Å². The normalized spacial score (nSPS) is 36.4. The van der Waals surface area contributed by atoms with Gasteiger partial charge in [-0.25, -0.2) is 5.26 Å². The number of fused-ring (bicyclic) bond motifs is 4. The average Bonchev–Trinajstić information content (AvgIpc) is 3.65. The van der Waals surface area contributed by atoms with Crippen LogP contribution in [-0.2, 0) is 33.5 Å². The van der Waals surface area contributed by atoms with Crippen LogP contribution in [0, 0.1) is 71.0 Å². The van der Waals surface area contributed by atoms with Crippen LogP contribution in [0.15, 0.2) is 12.5 Å². The van der Waals surface area contributed by atoms with E-state index in [9.17, 15) is 19.2 Å². The third-order valence-electron chi connectivity index (χ3n) is 10.8. The zero-order valence-electron chi connectivity index (χ0n) is 28.7. The topological polar surface area (TPSA) is 160 Å². The maximum Gasteiger partial charge on any atom is 0.310 e. The van der Waals surface area contributed by atoms with Crippen LogP contribution in [0.1, 0.15) is 82.1 Å². The summed E-state index contributed by atoms with van der Waals surface area (Å²) in [6, 6.07) is 0. The maximum absolute atomic E-state index is 12.7. The molecule has 4 bridgehead atoms. The van der Waals surface area contributed by atoms with Gasteiger partial charge in [0.1, 0.15) is 11.2 Å². The number of hydrogen-bond donors (Lipinski definition) is 4. The quantitative estimate of drug-likeness (QED) is 0.133. The Kier molecular flexibility index (Phi) is 11.4. The van der Waals surface area contributed by atoms with E-state index in [-0.39, 0.29) is 78.3 Å². The molecule has 0 aromatic heterocycles. The summed E-state index contributed by atoms with van der Waals surface area (Å²) in [5.41, 5.74) is -1.13. The van der Waals surface area contributed by atoms with Gasteiger partial charge < -0.3 is 24.8 Å². The Morgan fingerprint density at radius 2 is 1.04 bits per heavy atom. The van der Waals surface area contributed by atoms with Crippen LogP contribution < -0.4 is 10.6 Å². The number of amides is 2. The van der Waals surface area contributed by atoms with Gasteiger partial charge in [-0.05, 0) is 108 Å². The third-order valence-corrected chi connectivity index (χ3v) is 10.8. The zero-order valence-corrected chi connectivity index (χ0v) is 28.7. The van der Waals surface area contributed by atoms with E-state index in [1.165, 1.54) is 0 Å². The van der Waals surface area contributed by atoms with Gasteiger partial charge in [0.25, 0.3) is 0 Å². The first-order chi connectivity index (χ1) is 20.7. The van der Waals surface area contributed by atoms with Gasteiger partial charge in [0.15, 0.2) is 0 Å². The molecule has 0 spiro atoms. The van der Waals surface area contributed by atoms with Crippen molar-refractivity contribution in [2.24, 2.45) is 71.0 Å². The fourth-order valence-electron chi connectivity index (χ4n) is 8.64. The van der Waals surface area contributed by atoms with E-state index in [0.29, 0.717) is 23.7 Å². The molecular formula is C34H56N2O9. The van der Waals surface area contributed by atoms with E-state index >= 15 is 0 Å². The summed E-state index contributed by atoms with van der Waals surface area (Å²) >= 11 is 0. The van der Waals surface area contributed by atoms with Crippen molar-refractivity contribution in [3.05, 3.63) is 12.5 Å². The van der Waals surface area contributed by atoms with E-state index in [0.717, 1.165) is 12.8 Å². The number of carbonyl (C=O) groups is 4. The van der Waals surface area contributed by atoms with Gasteiger partial charge in [0.2, 0.25) is 17.7 Å². The lowest BCUT2D eigenvalue weighted by atomic mass is 9.69. The van der Waals surface area contributed by atoms with E-state index in [4.69, 9.17) is 19.8 Å². The maximum atomic E-state index is 12.7. The van der Waals surface area contributed by atoms with Gasteiger partial charge in [-0.1, -0.05) is 27.7 Å². The molecule has 0 saturated heterocycles. The highest BCUT2D eigenvalue weighted by Crippen LogP contribution is 2.59. The molecule has 4 rings (SSSR count). The lowest BCUT2D eigenvalue weighted by molar-refractivity contribution is -0.209. The average molecular weight is 637 g/mol. The summed E-state index contributed by atoms with van der Waals surface area (Å²) in [4.78, 5) is 54.3. The zero-order chi connectivity index (χ0) is 34.2. The lowest BCUT2D eigenvalue weighted by Gasteiger charge is -2.37. The molecule has 0 aliphatic heterocycles. The van der Waals surface area contributed by atoms with Gasteiger partial charge in [0.05, 0.1) is 30.3 Å². The monoisotopic (exact) mass is 636 g/mol. The predicted molar refractivity (Wildman–Crippen MR) is 167 cm³/mol. The summed E-state index contributed by atoms with van der Waals surface area (Å²) in [6.07, 6.45) is 1.76. The van der Waals surface area contributed by atoms with Crippen molar-refractivity contribution < 1.29 is 43.9 Å². The van der Waals surface area contributed by atoms with Crippen LogP contribution in [0.25, 0.3) is 0 Å². The Morgan fingerprint density at radius 3 is 1.38 bits per heavy atom. The molecule has 2 amide bonds. The van der Waals surface area contributed by atoms with Crippen LogP contribution in [0.4, 0.5) is 0 Å². The summed E-state index contributed by atoms with van der Waals surface area (Å²) in [7, 11) is 0. The standard InChI is InChI=1S/C17H27NO5.C17H29NO4/c1-8-9(2)12-7-11(8)13(15(19)18-10(3)23-21)14(12)16(20)22-17(4,5)6;1-9-10(2)12-8-11(9)13(15(20)18-6-7-19)14(12)16(21)22-17(3,4)5/h8-9,11-14,21H,3,7H2,1-2,4-6H3,(H,18,19);9-14,19H,6-8H2,1-5H3,(H,18,20). The minimum atomic E-state index is -0.591. The Hall–Kier alpha value is -2.66. The van der Waals surface area contributed by atoms with Crippen molar-refractivity contribution in [2.75, 3.05) is 13.2 Å². The van der Waals surface area contributed by atoms with Crippen LogP contribution in [0.5, 0.6) is 0 Å². The molecule has 4 fully saturated rings. The number of ether oxygens (including phenoxy) is 2. The van der Waals surface area contributed by atoms with Crippen LogP contribution >= 0.6 is 0 Å². The minimum absolute atomic E-state index is 0.0877. The number of rotatable bonds is 8. The number of hydrogen-bond acceptors (Lipinski definition) is 9. The first kappa shape index (κ1) is 36.8. The predicted octanol–water partition coefficient (Wildman–Crippen LogP) is 4.15. The lowest BCUT2D eigenvalue weighted by Crippen LogP contribution is -2.47. The summed E-state index contributed by atoms with van der Waals surface area (Å²) in [5, 5.41) is 22.7. The van der Waals surface area contributed by atoms with Crippen LogP contribution in [0.2, 0.25) is 0 Å². The highest BCUT2D eigenvalue weighted by molar-refractivity contribution is 5.88. The van der Waals surface area contributed by atoms with Gasteiger partial charge in [-0.2, -0.15) is 0 Å². The Balaban J connectivity index is 0.000000246. The molecule has 4 aliphatic rings. The number of aliphatic hydroxyl groups excluding tert-OH is 1. The van der Waals surface area contributed by atoms with Crippen molar-refractivity contribution in [3.8, 4) is 0 Å². The first-order valence-corrected chi connectivity index (χ1v) is 16.4. The van der Waals surface area contributed by atoms with E-state index < -0.39 is 23.0 Å². The van der Waals surface area contributed by atoms with Crippen molar-refractivity contribution in [3.63, 3.8) is 0 Å². The Labute approximate surface area is 268 Å². The molecule has 0 aromatic rings. The van der Waals surface area contributed by atoms with E-state index in [1.807, 2.05) is 41.5 Å².